The van der Waals surface area contributed by atoms with E-state index in [2.05, 4.69) is 5.32 Å². The van der Waals surface area contributed by atoms with Crippen molar-refractivity contribution in [2.24, 2.45) is 0 Å². The summed E-state index contributed by atoms with van der Waals surface area (Å²) in [7, 11) is 0. The molecule has 0 saturated carbocycles. The number of carbonyl (C=O) groups is 2. The van der Waals surface area contributed by atoms with Crippen LogP contribution >= 0.6 is 0 Å². The third-order valence-corrected chi connectivity index (χ3v) is 3.71. The highest BCUT2D eigenvalue weighted by Crippen LogP contribution is 2.35. The summed E-state index contributed by atoms with van der Waals surface area (Å²) in [5.74, 6) is -1.47. The fraction of sp³-hybridized carbons (Fsp3) is 0.467. The van der Waals surface area contributed by atoms with E-state index >= 15 is 0 Å². The van der Waals surface area contributed by atoms with Crippen molar-refractivity contribution >= 4 is 17.6 Å². The van der Waals surface area contributed by atoms with E-state index in [4.69, 9.17) is 0 Å². The smallest absolute Gasteiger partial charge is 0.312 e. The van der Waals surface area contributed by atoms with Crippen LogP contribution in [-0.4, -0.2) is 36.1 Å². The zero-order valence-corrected chi connectivity index (χ0v) is 11.8. The Labute approximate surface area is 118 Å². The SMILES string of the molecule is CCC(C)NC(=O)CN1CC(C(=O)O)c2ccccc21. The Morgan fingerprint density at radius 2 is 2.15 bits per heavy atom. The molecule has 0 saturated heterocycles. The third-order valence-electron chi connectivity index (χ3n) is 3.71. The van der Waals surface area contributed by atoms with Crippen LogP contribution in [-0.2, 0) is 9.59 Å². The van der Waals surface area contributed by atoms with Crippen LogP contribution in [0.2, 0.25) is 0 Å². The second-order valence-corrected chi connectivity index (χ2v) is 5.21. The van der Waals surface area contributed by atoms with E-state index in [-0.39, 0.29) is 18.5 Å². The molecule has 2 unspecified atom stereocenters. The molecule has 1 amide bonds. The summed E-state index contributed by atoms with van der Waals surface area (Å²) in [4.78, 5) is 25.1. The molecule has 2 N–H and O–H groups in total. The number of fused-ring (bicyclic) bond motifs is 1. The van der Waals surface area contributed by atoms with Crippen LogP contribution in [0.25, 0.3) is 0 Å². The van der Waals surface area contributed by atoms with Crippen molar-refractivity contribution in [3.63, 3.8) is 0 Å². The van der Waals surface area contributed by atoms with Gasteiger partial charge in [0.2, 0.25) is 5.91 Å². The highest BCUT2D eigenvalue weighted by Gasteiger charge is 2.33. The zero-order chi connectivity index (χ0) is 14.7. The minimum absolute atomic E-state index is 0.0693. The first-order chi connectivity index (χ1) is 9.52. The van der Waals surface area contributed by atoms with Crippen molar-refractivity contribution in [1.29, 1.82) is 0 Å². The number of aliphatic carboxylic acids is 1. The molecule has 0 aliphatic carbocycles. The first kappa shape index (κ1) is 14.4. The van der Waals surface area contributed by atoms with Gasteiger partial charge in [-0.05, 0) is 25.0 Å². The van der Waals surface area contributed by atoms with Crippen molar-refractivity contribution < 1.29 is 14.7 Å². The molecule has 1 aliphatic heterocycles. The average Bonchev–Trinajstić information content (AvgIpc) is 2.78. The maximum Gasteiger partial charge on any atom is 0.312 e. The van der Waals surface area contributed by atoms with Crippen LogP contribution in [0.15, 0.2) is 24.3 Å². The Kier molecular flexibility index (Phi) is 4.27. The maximum atomic E-state index is 12.0. The lowest BCUT2D eigenvalue weighted by molar-refractivity contribution is -0.138. The van der Waals surface area contributed by atoms with E-state index in [1.807, 2.05) is 43.0 Å². The van der Waals surface area contributed by atoms with E-state index in [1.165, 1.54) is 0 Å². The number of hydrogen-bond acceptors (Lipinski definition) is 3. The maximum absolute atomic E-state index is 12.0. The van der Waals surface area contributed by atoms with Crippen LogP contribution in [0, 0.1) is 0 Å². The number of hydrogen-bond donors (Lipinski definition) is 2. The van der Waals surface area contributed by atoms with Crippen LogP contribution in [0.3, 0.4) is 0 Å². The molecule has 2 atom stereocenters. The fourth-order valence-corrected chi connectivity index (χ4v) is 2.44. The number of carboxylic acid groups (broad SMARTS) is 1. The van der Waals surface area contributed by atoms with Crippen molar-refractivity contribution in [1.82, 2.24) is 5.32 Å². The van der Waals surface area contributed by atoms with E-state index in [0.717, 1.165) is 17.7 Å². The van der Waals surface area contributed by atoms with Gasteiger partial charge in [-0.3, -0.25) is 9.59 Å². The average molecular weight is 276 g/mol. The number of carboxylic acids is 1. The number of para-hydroxylation sites is 1. The van der Waals surface area contributed by atoms with Gasteiger partial charge in [0, 0.05) is 18.3 Å². The number of benzene rings is 1. The lowest BCUT2D eigenvalue weighted by Gasteiger charge is -2.20. The van der Waals surface area contributed by atoms with Gasteiger partial charge in [-0.2, -0.15) is 0 Å². The Hall–Kier alpha value is -2.04. The highest BCUT2D eigenvalue weighted by atomic mass is 16.4. The molecular formula is C15H20N2O3. The van der Waals surface area contributed by atoms with Gasteiger partial charge in [-0.15, -0.1) is 0 Å². The van der Waals surface area contributed by atoms with E-state index in [0.29, 0.717) is 6.54 Å². The van der Waals surface area contributed by atoms with E-state index in [9.17, 15) is 14.7 Å². The van der Waals surface area contributed by atoms with Crippen LogP contribution in [0.1, 0.15) is 31.7 Å². The zero-order valence-electron chi connectivity index (χ0n) is 11.8. The summed E-state index contributed by atoms with van der Waals surface area (Å²) in [5.41, 5.74) is 1.63. The third kappa shape index (κ3) is 2.92. The van der Waals surface area contributed by atoms with E-state index < -0.39 is 11.9 Å². The normalized spacial score (nSPS) is 18.5. The van der Waals surface area contributed by atoms with Gasteiger partial charge < -0.3 is 15.3 Å². The quantitative estimate of drug-likeness (QED) is 0.857. The summed E-state index contributed by atoms with van der Waals surface area (Å²) in [6, 6.07) is 7.52. The first-order valence-corrected chi connectivity index (χ1v) is 6.89. The molecule has 1 aromatic rings. The molecule has 1 aromatic carbocycles. The Bertz CT molecular complexity index is 516. The predicted molar refractivity (Wildman–Crippen MR) is 76.9 cm³/mol. The number of rotatable bonds is 5. The molecule has 108 valence electrons. The fourth-order valence-electron chi connectivity index (χ4n) is 2.44. The van der Waals surface area contributed by atoms with Crippen LogP contribution in [0.4, 0.5) is 5.69 Å². The summed E-state index contributed by atoms with van der Waals surface area (Å²) >= 11 is 0. The topological polar surface area (TPSA) is 69.6 Å². The number of nitrogens with one attached hydrogen (secondary N) is 1. The monoisotopic (exact) mass is 276 g/mol. The number of nitrogens with zero attached hydrogens (tertiary/aromatic N) is 1. The molecule has 20 heavy (non-hydrogen) atoms. The summed E-state index contributed by atoms with van der Waals surface area (Å²) < 4.78 is 0. The summed E-state index contributed by atoms with van der Waals surface area (Å²) in [5, 5.41) is 12.2. The van der Waals surface area contributed by atoms with Crippen LogP contribution in [0.5, 0.6) is 0 Å². The Morgan fingerprint density at radius 1 is 1.45 bits per heavy atom. The number of anilines is 1. The molecule has 0 fully saturated rings. The molecule has 0 aromatic heterocycles. The molecule has 0 bridgehead atoms. The Balaban J connectivity index is 2.11. The second-order valence-electron chi connectivity index (χ2n) is 5.21. The van der Waals surface area contributed by atoms with Crippen LogP contribution < -0.4 is 10.2 Å². The van der Waals surface area contributed by atoms with Crippen molar-refractivity contribution in [3.05, 3.63) is 29.8 Å². The minimum Gasteiger partial charge on any atom is -0.481 e. The lowest BCUT2D eigenvalue weighted by atomic mass is 10.0. The first-order valence-electron chi connectivity index (χ1n) is 6.89. The van der Waals surface area contributed by atoms with Gasteiger partial charge in [0.15, 0.2) is 0 Å². The molecule has 0 spiro atoms. The largest absolute Gasteiger partial charge is 0.481 e. The van der Waals surface area contributed by atoms with Gasteiger partial charge in [0.1, 0.15) is 5.92 Å². The number of amides is 1. The van der Waals surface area contributed by atoms with Crippen molar-refractivity contribution in [3.8, 4) is 0 Å². The molecule has 5 nitrogen and oxygen atoms in total. The van der Waals surface area contributed by atoms with Gasteiger partial charge >= 0.3 is 5.97 Å². The number of carbonyl (C=O) groups excluding carboxylic acids is 1. The minimum atomic E-state index is -0.845. The van der Waals surface area contributed by atoms with Gasteiger partial charge in [0.25, 0.3) is 0 Å². The van der Waals surface area contributed by atoms with Gasteiger partial charge in [-0.1, -0.05) is 25.1 Å². The molecular weight excluding hydrogens is 256 g/mol. The molecule has 5 heteroatoms. The van der Waals surface area contributed by atoms with Crippen molar-refractivity contribution in [2.45, 2.75) is 32.2 Å². The molecule has 1 aliphatic rings. The summed E-state index contributed by atoms with van der Waals surface area (Å²) in [6.07, 6.45) is 0.875. The standard InChI is InChI=1S/C15H20N2O3/c1-3-10(2)16-14(18)9-17-8-12(15(19)20)11-6-4-5-7-13(11)17/h4-7,10,12H,3,8-9H2,1-2H3,(H,16,18)(H,19,20). The molecule has 2 rings (SSSR count). The molecule has 0 radical (unpaired) electrons. The second kappa shape index (κ2) is 5.94. The summed E-state index contributed by atoms with van der Waals surface area (Å²) in [6.45, 7) is 4.51. The van der Waals surface area contributed by atoms with Crippen molar-refractivity contribution in [2.75, 3.05) is 18.0 Å². The van der Waals surface area contributed by atoms with Gasteiger partial charge in [-0.25, -0.2) is 0 Å². The molecule has 1 heterocycles. The van der Waals surface area contributed by atoms with E-state index in [1.54, 1.807) is 0 Å². The van der Waals surface area contributed by atoms with Gasteiger partial charge in [0.05, 0.1) is 6.54 Å². The highest BCUT2D eigenvalue weighted by molar-refractivity contribution is 5.87. The predicted octanol–water partition coefficient (Wildman–Crippen LogP) is 1.59. The Morgan fingerprint density at radius 3 is 2.80 bits per heavy atom. The lowest BCUT2D eigenvalue weighted by Crippen LogP contribution is -2.40.